The van der Waals surface area contributed by atoms with E-state index < -0.39 is 52.8 Å². The predicted octanol–water partition coefficient (Wildman–Crippen LogP) is 7.58. The highest BCUT2D eigenvalue weighted by Gasteiger charge is 2.71. The Balaban J connectivity index is 2.04. The van der Waals surface area contributed by atoms with Gasteiger partial charge in [-0.15, -0.1) is 0 Å². The molecule has 2 aromatic rings. The maximum atomic E-state index is 14.7. The smallest absolute Gasteiger partial charge is 0.324 e. The van der Waals surface area contributed by atoms with Crippen LogP contribution in [0.4, 0.5) is 0 Å². The van der Waals surface area contributed by atoms with Crippen LogP contribution in [-0.4, -0.2) is 52.9 Å². The fourth-order valence-electron chi connectivity index (χ4n) is 7.80. The van der Waals surface area contributed by atoms with Crippen molar-refractivity contribution in [2.75, 3.05) is 13.2 Å². The van der Waals surface area contributed by atoms with E-state index in [-0.39, 0.29) is 30.7 Å². The van der Waals surface area contributed by atoms with Gasteiger partial charge in [0.2, 0.25) is 0 Å². The second-order valence-electron chi connectivity index (χ2n) is 14.9. The predicted molar refractivity (Wildman–Crippen MR) is 176 cm³/mol. The molecule has 8 nitrogen and oxygen atoms in total. The number of hydroxylamine groups is 2. The maximum Gasteiger partial charge on any atom is 0.324 e. The molecule has 2 fully saturated rings. The number of carbonyl (C=O) groups is 3. The summed E-state index contributed by atoms with van der Waals surface area (Å²) in [5.41, 5.74) is -1.93. The van der Waals surface area contributed by atoms with Gasteiger partial charge in [0, 0.05) is 22.9 Å². The number of nitrogens with zero attached hydrogens (tertiary/aromatic N) is 1. The maximum absolute atomic E-state index is 14.7. The van der Waals surface area contributed by atoms with E-state index >= 15 is 0 Å². The third-order valence-corrected chi connectivity index (χ3v) is 9.47. The summed E-state index contributed by atoms with van der Waals surface area (Å²) in [6, 6.07) is 18.9. The molecule has 1 heterocycles. The van der Waals surface area contributed by atoms with Crippen molar-refractivity contribution >= 4 is 17.9 Å². The van der Waals surface area contributed by atoms with Gasteiger partial charge in [-0.25, -0.2) is 0 Å². The minimum atomic E-state index is -1.92. The average Bonchev–Trinajstić information content (AvgIpc) is 3.34. The van der Waals surface area contributed by atoms with Crippen LogP contribution in [0, 0.1) is 17.3 Å². The minimum Gasteiger partial charge on any atom is -0.465 e. The van der Waals surface area contributed by atoms with Crippen LogP contribution in [0.15, 0.2) is 60.7 Å². The number of ether oxygens (including phenoxy) is 3. The van der Waals surface area contributed by atoms with E-state index in [0.29, 0.717) is 5.56 Å². The zero-order chi connectivity index (χ0) is 33.9. The summed E-state index contributed by atoms with van der Waals surface area (Å²) >= 11 is 0. The molecule has 0 spiro atoms. The van der Waals surface area contributed by atoms with Gasteiger partial charge in [-0.3, -0.25) is 19.2 Å². The van der Waals surface area contributed by atoms with Gasteiger partial charge in [0.05, 0.1) is 19.1 Å². The van der Waals surface area contributed by atoms with Crippen LogP contribution in [0.25, 0.3) is 0 Å². The summed E-state index contributed by atoms with van der Waals surface area (Å²) in [5, 5.41) is 2.06. The van der Waals surface area contributed by atoms with Crippen molar-refractivity contribution in [1.29, 1.82) is 0 Å². The molecule has 0 unspecified atom stereocenters. The van der Waals surface area contributed by atoms with Crippen LogP contribution in [0.3, 0.4) is 0 Å². The van der Waals surface area contributed by atoms with Crippen molar-refractivity contribution in [3.63, 3.8) is 0 Å². The number of carbonyl (C=O) groups excluding carboxylic acids is 3. The second kappa shape index (κ2) is 13.9. The molecule has 46 heavy (non-hydrogen) atoms. The molecule has 1 saturated heterocycles. The Hall–Kier alpha value is -3.23. The molecule has 1 saturated carbocycles. The first kappa shape index (κ1) is 35.6. The van der Waals surface area contributed by atoms with Crippen LogP contribution >= 0.6 is 0 Å². The van der Waals surface area contributed by atoms with Gasteiger partial charge in [-0.05, 0) is 99.1 Å². The molecule has 1 aliphatic carbocycles. The van der Waals surface area contributed by atoms with Crippen molar-refractivity contribution < 1.29 is 33.4 Å². The number of hydrogen-bond donors (Lipinski definition) is 0. The van der Waals surface area contributed by atoms with Crippen LogP contribution in [0.2, 0.25) is 0 Å². The van der Waals surface area contributed by atoms with E-state index in [4.69, 9.17) is 19.0 Å². The minimum absolute atomic E-state index is 0.0500. The molecule has 2 aromatic carbocycles. The highest BCUT2D eigenvalue weighted by molar-refractivity contribution is 6.03. The fourth-order valence-corrected chi connectivity index (χ4v) is 7.80. The Morgan fingerprint density at radius 3 is 1.80 bits per heavy atom. The Morgan fingerprint density at radius 2 is 1.33 bits per heavy atom. The Kier molecular flexibility index (Phi) is 10.7. The number of piperidine rings is 1. The largest absolute Gasteiger partial charge is 0.465 e. The molecule has 252 valence electrons. The summed E-state index contributed by atoms with van der Waals surface area (Å²) in [6.07, 6.45) is 2.21. The summed E-state index contributed by atoms with van der Waals surface area (Å²) < 4.78 is 17.6. The van der Waals surface area contributed by atoms with Crippen LogP contribution in [-0.2, 0) is 33.4 Å². The number of esters is 3. The Bertz CT molecular complexity index is 1310. The molecular formula is C38H53NO7. The number of benzene rings is 2. The van der Waals surface area contributed by atoms with Crippen molar-refractivity contribution in [3.05, 3.63) is 71.8 Å². The normalized spacial score (nSPS) is 24.5. The lowest BCUT2D eigenvalue weighted by atomic mass is 9.65. The molecule has 0 N–H and O–H groups in total. The second-order valence-corrected chi connectivity index (χ2v) is 14.9. The molecule has 0 bridgehead atoms. The number of rotatable bonds is 10. The summed E-state index contributed by atoms with van der Waals surface area (Å²) in [5.74, 6) is -4.56. The van der Waals surface area contributed by atoms with Gasteiger partial charge in [-0.1, -0.05) is 60.7 Å². The topological polar surface area (TPSA) is 91.4 Å². The highest BCUT2D eigenvalue weighted by atomic mass is 16.7. The van der Waals surface area contributed by atoms with Crippen molar-refractivity contribution in [2.24, 2.45) is 17.3 Å². The van der Waals surface area contributed by atoms with Crippen molar-refractivity contribution in [3.8, 4) is 0 Å². The van der Waals surface area contributed by atoms with Gasteiger partial charge in [0.25, 0.3) is 0 Å². The quantitative estimate of drug-likeness (QED) is 0.150. The van der Waals surface area contributed by atoms with E-state index in [1.807, 2.05) is 81.4 Å². The van der Waals surface area contributed by atoms with Gasteiger partial charge < -0.3 is 14.2 Å². The first-order valence-electron chi connectivity index (χ1n) is 16.7. The van der Waals surface area contributed by atoms with Gasteiger partial charge >= 0.3 is 17.9 Å². The zero-order valence-corrected chi connectivity index (χ0v) is 29.1. The van der Waals surface area contributed by atoms with Crippen molar-refractivity contribution in [2.45, 2.75) is 117 Å². The summed E-state index contributed by atoms with van der Waals surface area (Å²) in [7, 11) is 0. The zero-order valence-electron chi connectivity index (χ0n) is 29.1. The van der Waals surface area contributed by atoms with E-state index in [2.05, 4.69) is 32.8 Å². The van der Waals surface area contributed by atoms with E-state index in [1.165, 1.54) is 0 Å². The molecule has 0 amide bonds. The van der Waals surface area contributed by atoms with Gasteiger partial charge in [0.15, 0.2) is 5.41 Å². The molecule has 2 aliphatic rings. The monoisotopic (exact) mass is 635 g/mol. The molecule has 0 aromatic heterocycles. The van der Waals surface area contributed by atoms with E-state index in [1.54, 1.807) is 13.8 Å². The third kappa shape index (κ3) is 7.03. The SMILES string of the molecule is CCOC(=O)C1(C(=O)OCC)[C@H](c2ccccc2)[C@@H](C(=O)OC(C)(C)C)C[C@H]1[C@@H](ON1C(C)(C)CCCC1(C)C)c1ccccc1. The fraction of sp³-hybridized carbons (Fsp3) is 0.605. The molecule has 0 radical (unpaired) electrons. The lowest BCUT2D eigenvalue weighted by Crippen LogP contribution is -2.59. The molecule has 8 heteroatoms. The molecule has 1 aliphatic heterocycles. The lowest BCUT2D eigenvalue weighted by molar-refractivity contribution is -0.319. The summed E-state index contributed by atoms with van der Waals surface area (Å²) in [4.78, 5) is 50.7. The van der Waals surface area contributed by atoms with Crippen LogP contribution in [0.5, 0.6) is 0 Å². The molecule has 4 atom stereocenters. The van der Waals surface area contributed by atoms with Crippen LogP contribution in [0.1, 0.15) is 111 Å². The summed E-state index contributed by atoms with van der Waals surface area (Å²) in [6.45, 7) is 17.6. The molecule has 4 rings (SSSR count). The Morgan fingerprint density at radius 1 is 0.826 bits per heavy atom. The van der Waals surface area contributed by atoms with Crippen molar-refractivity contribution in [1.82, 2.24) is 5.06 Å². The third-order valence-electron chi connectivity index (χ3n) is 9.47. The first-order valence-corrected chi connectivity index (χ1v) is 16.7. The lowest BCUT2D eigenvalue weighted by Gasteiger charge is -2.53. The van der Waals surface area contributed by atoms with E-state index in [0.717, 1.165) is 24.8 Å². The van der Waals surface area contributed by atoms with E-state index in [9.17, 15) is 14.4 Å². The molecular weight excluding hydrogens is 582 g/mol. The van der Waals surface area contributed by atoms with Gasteiger partial charge in [0.1, 0.15) is 11.7 Å². The van der Waals surface area contributed by atoms with Gasteiger partial charge in [-0.2, -0.15) is 5.06 Å². The first-order chi connectivity index (χ1) is 21.6. The average molecular weight is 636 g/mol. The standard InChI is InChI=1S/C38H53NO7/c1-10-43-33(41)38(34(42)44-11-2)29(25-28(32(40)45-35(3,4)5)30(38)26-19-14-12-15-20-26)31(27-21-16-13-17-22-27)46-39-36(6,7)23-18-24-37(39,8)9/h12-17,19-22,28-31H,10-11,18,23-25H2,1-9H3/t28-,29-,30+,31-/m0/s1. The highest BCUT2D eigenvalue weighted by Crippen LogP contribution is 2.62. The Labute approximate surface area is 275 Å². The van der Waals surface area contributed by atoms with Crippen LogP contribution < -0.4 is 0 Å². The number of hydrogen-bond acceptors (Lipinski definition) is 8.